The number of halogens is 5. The van der Waals surface area contributed by atoms with Crippen LogP contribution in [0.4, 0.5) is 13.2 Å². The first-order valence-electron chi connectivity index (χ1n) is 12.2. The van der Waals surface area contributed by atoms with Crippen molar-refractivity contribution in [1.82, 2.24) is 9.80 Å². The van der Waals surface area contributed by atoms with Crippen LogP contribution in [-0.4, -0.2) is 54.3 Å². The summed E-state index contributed by atoms with van der Waals surface area (Å²) in [7, 11) is 0. The number of aliphatic imine (C=N–C) groups is 1. The lowest BCUT2D eigenvalue weighted by Crippen LogP contribution is -2.47. The zero-order chi connectivity index (χ0) is 26.4. The quantitative estimate of drug-likeness (QED) is 0.435. The van der Waals surface area contributed by atoms with Gasteiger partial charge in [-0.15, -0.1) is 0 Å². The molecule has 198 valence electrons. The molecule has 2 atom stereocenters. The molecule has 0 aromatic heterocycles. The standard InChI is InChI=1S/C28H24Cl2F3N3O2/c29-19-5-1-17(2-6-19)11-35-13-22-23-14-36(12-18-3-7-20(30)8-4-18)16-38-27(23)25-21(26(22)37-15-35)9-10-24(34-25)28(31,32)33/h1-10,22,24H,11-16H2. The van der Waals surface area contributed by atoms with Crippen LogP contribution in [0.25, 0.3) is 0 Å². The molecule has 0 radical (unpaired) electrons. The summed E-state index contributed by atoms with van der Waals surface area (Å²) in [4.78, 5) is 8.38. The fourth-order valence-electron chi connectivity index (χ4n) is 5.27. The first-order valence-corrected chi connectivity index (χ1v) is 13.0. The molecule has 0 N–H and O–H groups in total. The number of dihydropyridines is 1. The van der Waals surface area contributed by atoms with Gasteiger partial charge in [-0.1, -0.05) is 59.6 Å². The van der Waals surface area contributed by atoms with E-state index < -0.39 is 12.2 Å². The van der Waals surface area contributed by atoms with Gasteiger partial charge in [0.2, 0.25) is 0 Å². The van der Waals surface area contributed by atoms with E-state index in [0.717, 1.165) is 22.8 Å². The number of ether oxygens (including phenoxy) is 2. The molecule has 0 bridgehead atoms. The normalized spacial score (nSPS) is 23.8. The van der Waals surface area contributed by atoms with E-state index in [1.807, 2.05) is 48.5 Å². The third-order valence-electron chi connectivity index (χ3n) is 7.08. The number of alkyl halides is 3. The van der Waals surface area contributed by atoms with E-state index in [2.05, 4.69) is 14.8 Å². The molecule has 1 saturated heterocycles. The van der Waals surface area contributed by atoms with Gasteiger partial charge in [0, 0.05) is 47.4 Å². The van der Waals surface area contributed by atoms with Crippen molar-refractivity contribution >= 4 is 28.9 Å². The van der Waals surface area contributed by atoms with Crippen molar-refractivity contribution in [3.05, 3.63) is 105 Å². The lowest BCUT2D eigenvalue weighted by atomic mass is 9.81. The van der Waals surface area contributed by atoms with Crippen molar-refractivity contribution in [3.8, 4) is 0 Å². The van der Waals surface area contributed by atoms with Crippen LogP contribution >= 0.6 is 23.2 Å². The molecule has 6 rings (SSSR count). The van der Waals surface area contributed by atoms with Gasteiger partial charge in [0.05, 0.1) is 5.92 Å². The molecule has 4 aliphatic rings. The Kier molecular flexibility index (Phi) is 6.76. The predicted octanol–water partition coefficient (Wildman–Crippen LogP) is 6.35. The number of hydrogen-bond donors (Lipinski definition) is 0. The molecule has 0 spiro atoms. The van der Waals surface area contributed by atoms with E-state index in [9.17, 15) is 13.2 Å². The van der Waals surface area contributed by atoms with Crippen LogP contribution in [0.1, 0.15) is 11.1 Å². The molecule has 2 unspecified atom stereocenters. The average Bonchev–Trinajstić information content (AvgIpc) is 2.90. The van der Waals surface area contributed by atoms with Crippen molar-refractivity contribution in [3.63, 3.8) is 0 Å². The number of rotatable bonds is 4. The van der Waals surface area contributed by atoms with Crippen LogP contribution in [-0.2, 0) is 22.6 Å². The summed E-state index contributed by atoms with van der Waals surface area (Å²) in [5.41, 5.74) is 3.85. The minimum absolute atomic E-state index is 0.167. The number of hydrogen-bond acceptors (Lipinski definition) is 5. The van der Waals surface area contributed by atoms with Crippen LogP contribution < -0.4 is 0 Å². The highest BCUT2D eigenvalue weighted by atomic mass is 35.5. The molecule has 10 heteroatoms. The van der Waals surface area contributed by atoms with Crippen molar-refractivity contribution in [2.24, 2.45) is 10.9 Å². The van der Waals surface area contributed by atoms with E-state index in [1.165, 1.54) is 6.08 Å². The Morgan fingerprint density at radius 3 is 2.11 bits per heavy atom. The number of benzene rings is 2. The zero-order valence-corrected chi connectivity index (χ0v) is 21.7. The third-order valence-corrected chi connectivity index (χ3v) is 7.58. The number of allylic oxidation sites excluding steroid dienone is 2. The highest BCUT2D eigenvalue weighted by molar-refractivity contribution is 6.30. The van der Waals surface area contributed by atoms with Gasteiger partial charge in [0.15, 0.2) is 6.04 Å². The smallest absolute Gasteiger partial charge is 0.414 e. The van der Waals surface area contributed by atoms with Crippen molar-refractivity contribution in [2.75, 3.05) is 26.6 Å². The maximum atomic E-state index is 13.6. The summed E-state index contributed by atoms with van der Waals surface area (Å²) < 4.78 is 53.1. The van der Waals surface area contributed by atoms with Crippen molar-refractivity contribution < 1.29 is 22.6 Å². The molecular weight excluding hydrogens is 538 g/mol. The summed E-state index contributed by atoms with van der Waals surface area (Å²) in [6.45, 7) is 2.99. The largest absolute Gasteiger partial charge is 0.481 e. The van der Waals surface area contributed by atoms with Gasteiger partial charge >= 0.3 is 6.18 Å². The molecule has 0 amide bonds. The third kappa shape index (κ3) is 5.10. The van der Waals surface area contributed by atoms with Crippen LogP contribution in [0.15, 0.2) is 88.3 Å². The molecule has 3 heterocycles. The lowest BCUT2D eigenvalue weighted by Gasteiger charge is -2.44. The molecule has 3 aliphatic heterocycles. The average molecular weight is 562 g/mol. The maximum absolute atomic E-state index is 13.6. The Labute approximate surface area is 228 Å². The van der Waals surface area contributed by atoms with Gasteiger partial charge in [0.25, 0.3) is 0 Å². The molecule has 0 saturated carbocycles. The zero-order valence-electron chi connectivity index (χ0n) is 20.2. The van der Waals surface area contributed by atoms with Gasteiger partial charge < -0.3 is 9.47 Å². The Morgan fingerprint density at radius 1 is 0.868 bits per heavy atom. The van der Waals surface area contributed by atoms with Gasteiger partial charge in [-0.3, -0.25) is 14.8 Å². The second-order valence-electron chi connectivity index (χ2n) is 9.81. The van der Waals surface area contributed by atoms with Crippen LogP contribution in [0.3, 0.4) is 0 Å². The van der Waals surface area contributed by atoms with Gasteiger partial charge in [-0.25, -0.2) is 0 Å². The van der Waals surface area contributed by atoms with Gasteiger partial charge in [-0.2, -0.15) is 13.2 Å². The van der Waals surface area contributed by atoms with E-state index in [1.54, 1.807) is 0 Å². The van der Waals surface area contributed by atoms with E-state index >= 15 is 0 Å². The fourth-order valence-corrected chi connectivity index (χ4v) is 5.52. The highest BCUT2D eigenvalue weighted by Gasteiger charge is 2.46. The summed E-state index contributed by atoms with van der Waals surface area (Å²) in [6, 6.07) is 13.3. The Balaban J connectivity index is 1.31. The minimum Gasteiger partial charge on any atom is -0.481 e. The Hall–Kier alpha value is -2.78. The SMILES string of the molecule is FC(F)(F)C1C=CC2=C3OCN(Cc4ccc(Cl)cc4)CC3C3=C(OCN(Cc4ccc(Cl)cc4)C3)C2=N1. The minimum atomic E-state index is -4.48. The van der Waals surface area contributed by atoms with Gasteiger partial charge in [-0.05, 0) is 35.4 Å². The molecule has 1 aliphatic carbocycles. The summed E-state index contributed by atoms with van der Waals surface area (Å²) in [5, 5.41) is 1.33. The maximum Gasteiger partial charge on any atom is 0.414 e. The Bertz CT molecular complexity index is 1350. The topological polar surface area (TPSA) is 37.3 Å². The number of fused-ring (bicyclic) bond motifs is 4. The van der Waals surface area contributed by atoms with E-state index in [0.29, 0.717) is 60.0 Å². The molecular formula is C28H24Cl2F3N3O2. The Morgan fingerprint density at radius 2 is 1.47 bits per heavy atom. The van der Waals surface area contributed by atoms with Crippen LogP contribution in [0.2, 0.25) is 10.0 Å². The van der Waals surface area contributed by atoms with Crippen molar-refractivity contribution in [2.45, 2.75) is 25.3 Å². The second-order valence-corrected chi connectivity index (χ2v) is 10.7. The molecule has 2 aromatic rings. The number of nitrogens with zero attached hydrogens (tertiary/aromatic N) is 3. The van der Waals surface area contributed by atoms with Crippen LogP contribution in [0, 0.1) is 5.92 Å². The summed E-state index contributed by atoms with van der Waals surface area (Å²) in [6.07, 6.45) is -1.90. The summed E-state index contributed by atoms with van der Waals surface area (Å²) in [5.74, 6) is 0.931. The monoisotopic (exact) mass is 561 g/mol. The fraction of sp³-hybridized carbons (Fsp3) is 0.321. The molecule has 5 nitrogen and oxygen atoms in total. The highest BCUT2D eigenvalue weighted by Crippen LogP contribution is 2.43. The molecule has 38 heavy (non-hydrogen) atoms. The summed E-state index contributed by atoms with van der Waals surface area (Å²) >= 11 is 12.1. The molecule has 1 fully saturated rings. The second kappa shape index (κ2) is 10.1. The van der Waals surface area contributed by atoms with E-state index in [4.69, 9.17) is 32.7 Å². The van der Waals surface area contributed by atoms with Crippen LogP contribution in [0.5, 0.6) is 0 Å². The molecule has 2 aromatic carbocycles. The first-order chi connectivity index (χ1) is 18.2. The first kappa shape index (κ1) is 25.5. The van der Waals surface area contributed by atoms with E-state index in [-0.39, 0.29) is 18.4 Å². The predicted molar refractivity (Wildman–Crippen MR) is 140 cm³/mol. The lowest BCUT2D eigenvalue weighted by molar-refractivity contribution is -0.136. The van der Waals surface area contributed by atoms with Crippen molar-refractivity contribution in [1.29, 1.82) is 0 Å². The van der Waals surface area contributed by atoms with Gasteiger partial charge in [0.1, 0.15) is 30.7 Å².